The summed E-state index contributed by atoms with van der Waals surface area (Å²) in [6, 6.07) is -0.939. The average Bonchev–Trinajstić information content (AvgIpc) is 2.74. The second-order valence-corrected chi connectivity index (χ2v) is 25.3. The van der Waals surface area contributed by atoms with Crippen LogP contribution in [0.15, 0.2) is 85.1 Å². The molecule has 2 aliphatic rings. The Kier molecular flexibility index (Phi) is 54.5. The van der Waals surface area contributed by atoms with Gasteiger partial charge in [0.05, 0.1) is 32.0 Å². The molecule has 0 aromatic carbocycles. The molecule has 2 aliphatic heterocycles. The van der Waals surface area contributed by atoms with Crippen LogP contribution in [0.25, 0.3) is 0 Å². The van der Waals surface area contributed by atoms with Gasteiger partial charge in [0.1, 0.15) is 48.8 Å². The SMILES string of the molecule is CC/C=C\C/C=C\C/C=C\C/C=C\CCCCCCCCCCCCCCCCCCCCCCCCCCCCCCC(=O)NC(COC1OC(CO)C(OC2OC(CO)C(O)C(O)C2O)C(O)C1O)C(O)/C=C/CC/C=C/CC/C=C/CCCCCC. The number of rotatable bonds is 59. The van der Waals surface area contributed by atoms with Gasteiger partial charge < -0.3 is 65.1 Å². The molecule has 14 nitrogen and oxygen atoms in total. The molecule has 0 spiro atoms. The molecule has 0 aliphatic carbocycles. The Morgan fingerprint density at radius 2 is 0.787 bits per heavy atom. The number of carbonyl (C=O) groups excluding carboxylic acids is 1. The molecule has 12 unspecified atom stereocenters. The Labute approximate surface area is 541 Å². The summed E-state index contributed by atoms with van der Waals surface area (Å²) in [6.45, 7) is 2.65. The van der Waals surface area contributed by atoms with Crippen molar-refractivity contribution in [2.45, 2.75) is 364 Å². The number of allylic oxidation sites excluding steroid dienone is 13. The van der Waals surface area contributed by atoms with Gasteiger partial charge in [-0.25, -0.2) is 0 Å². The highest BCUT2D eigenvalue weighted by Crippen LogP contribution is 2.30. The van der Waals surface area contributed by atoms with Crippen LogP contribution in [0.4, 0.5) is 0 Å². The molecule has 2 rings (SSSR count). The highest BCUT2D eigenvalue weighted by molar-refractivity contribution is 5.76. The molecule has 2 fully saturated rings. The molecule has 0 saturated carbocycles. The molecular weight excluding hydrogens is 1120 g/mol. The number of ether oxygens (including phenoxy) is 4. The first-order chi connectivity index (χ1) is 43.6. The molecule has 1 amide bonds. The van der Waals surface area contributed by atoms with Gasteiger partial charge in [0.25, 0.3) is 0 Å². The summed E-state index contributed by atoms with van der Waals surface area (Å²) in [7, 11) is 0. The number of unbranched alkanes of at least 4 members (excludes halogenated alkanes) is 34. The van der Waals surface area contributed by atoms with Crippen molar-refractivity contribution in [3.8, 4) is 0 Å². The van der Waals surface area contributed by atoms with Crippen LogP contribution in [0.3, 0.4) is 0 Å². The molecular formula is C75H133NO13. The van der Waals surface area contributed by atoms with Crippen molar-refractivity contribution < 1.29 is 64.6 Å². The van der Waals surface area contributed by atoms with E-state index >= 15 is 0 Å². The van der Waals surface area contributed by atoms with Gasteiger partial charge in [0.2, 0.25) is 5.91 Å². The molecule has 12 atom stereocenters. The fourth-order valence-corrected chi connectivity index (χ4v) is 11.6. The van der Waals surface area contributed by atoms with Crippen LogP contribution in [0.2, 0.25) is 0 Å². The quantitative estimate of drug-likeness (QED) is 0.0204. The largest absolute Gasteiger partial charge is 0.394 e. The Balaban J connectivity index is 1.54. The van der Waals surface area contributed by atoms with E-state index in [9.17, 15) is 45.6 Å². The van der Waals surface area contributed by atoms with Crippen molar-refractivity contribution >= 4 is 5.91 Å². The first-order valence-corrected chi connectivity index (χ1v) is 36.3. The third kappa shape index (κ3) is 42.9. The standard InChI is InChI=1S/C75H133NO13/c1-3-5-7-9-11-13-15-17-19-20-21-22-23-24-25-26-27-28-29-30-31-32-33-34-35-36-37-38-39-40-41-42-43-44-45-47-49-51-53-55-57-59-67(80)76-63(64(79)58-56-54-52-50-48-46-18-16-14-12-10-8-6-4-2)62-86-74-72(85)70(83)73(66(61-78)88-74)89-75-71(84)69(82)68(81)65(60-77)87-75/h5,7,11,13-14,16-17,19,21-22,48,50,56,58,63-66,68-75,77-79,81-85H,3-4,6,8-10,12,15,18,20,23-47,49,51-55,57,59-62H2,1-2H3,(H,76,80)/b7-5-,13-11-,16-14+,19-17-,22-21-,50-48+,58-56+. The zero-order chi connectivity index (χ0) is 64.5. The summed E-state index contributed by atoms with van der Waals surface area (Å²) in [4.78, 5) is 13.3. The molecule has 0 radical (unpaired) electrons. The van der Waals surface area contributed by atoms with Crippen LogP contribution in [0.5, 0.6) is 0 Å². The van der Waals surface area contributed by atoms with E-state index < -0.39 is 86.8 Å². The molecule has 516 valence electrons. The second-order valence-electron chi connectivity index (χ2n) is 25.3. The molecule has 9 N–H and O–H groups in total. The lowest BCUT2D eigenvalue weighted by Gasteiger charge is -2.46. The number of amides is 1. The van der Waals surface area contributed by atoms with Gasteiger partial charge in [-0.05, 0) is 83.5 Å². The zero-order valence-corrected chi connectivity index (χ0v) is 56.2. The number of aliphatic hydroxyl groups excluding tert-OH is 8. The number of hydrogen-bond acceptors (Lipinski definition) is 13. The minimum Gasteiger partial charge on any atom is -0.394 e. The van der Waals surface area contributed by atoms with Gasteiger partial charge in [-0.1, -0.05) is 285 Å². The van der Waals surface area contributed by atoms with E-state index in [0.29, 0.717) is 12.8 Å². The molecule has 2 heterocycles. The Morgan fingerprint density at radius 1 is 0.416 bits per heavy atom. The second kappa shape index (κ2) is 59.0. The van der Waals surface area contributed by atoms with E-state index in [1.54, 1.807) is 6.08 Å². The van der Waals surface area contributed by atoms with E-state index in [1.807, 2.05) is 6.08 Å². The minimum atomic E-state index is -1.79. The number of aliphatic hydroxyl groups is 8. The Hall–Kier alpha value is -2.83. The van der Waals surface area contributed by atoms with Crippen LogP contribution in [0, 0.1) is 0 Å². The van der Waals surface area contributed by atoms with Crippen LogP contribution >= 0.6 is 0 Å². The van der Waals surface area contributed by atoms with Crippen LogP contribution in [-0.2, 0) is 23.7 Å². The highest BCUT2D eigenvalue weighted by atomic mass is 16.7. The van der Waals surface area contributed by atoms with Crippen molar-refractivity contribution in [2.75, 3.05) is 19.8 Å². The van der Waals surface area contributed by atoms with E-state index in [0.717, 1.165) is 70.6 Å². The smallest absolute Gasteiger partial charge is 0.220 e. The third-order valence-corrected chi connectivity index (χ3v) is 17.3. The fraction of sp³-hybridized carbons (Fsp3) is 0.800. The first kappa shape index (κ1) is 82.3. The Bertz CT molecular complexity index is 1820. The fourth-order valence-electron chi connectivity index (χ4n) is 11.6. The van der Waals surface area contributed by atoms with E-state index in [2.05, 4.69) is 92.1 Å². The van der Waals surface area contributed by atoms with E-state index in [-0.39, 0.29) is 18.9 Å². The first-order valence-electron chi connectivity index (χ1n) is 36.3. The summed E-state index contributed by atoms with van der Waals surface area (Å²) < 4.78 is 22.8. The van der Waals surface area contributed by atoms with Gasteiger partial charge in [-0.2, -0.15) is 0 Å². The number of hydrogen-bond donors (Lipinski definition) is 9. The number of nitrogens with one attached hydrogen (secondary N) is 1. The van der Waals surface area contributed by atoms with Crippen LogP contribution < -0.4 is 5.32 Å². The summed E-state index contributed by atoms with van der Waals surface area (Å²) in [5, 5.41) is 87.2. The summed E-state index contributed by atoms with van der Waals surface area (Å²) >= 11 is 0. The van der Waals surface area contributed by atoms with Crippen molar-refractivity contribution in [1.82, 2.24) is 5.32 Å². The monoisotopic (exact) mass is 1260 g/mol. The zero-order valence-electron chi connectivity index (χ0n) is 56.2. The normalized spacial score (nSPS) is 23.5. The number of carbonyl (C=O) groups is 1. The van der Waals surface area contributed by atoms with Crippen LogP contribution in [0.1, 0.15) is 290 Å². The van der Waals surface area contributed by atoms with Gasteiger partial charge in [-0.3, -0.25) is 4.79 Å². The van der Waals surface area contributed by atoms with Gasteiger partial charge in [0, 0.05) is 6.42 Å². The molecule has 0 aromatic rings. The van der Waals surface area contributed by atoms with Gasteiger partial charge in [-0.15, -0.1) is 0 Å². The van der Waals surface area contributed by atoms with Crippen molar-refractivity contribution in [3.63, 3.8) is 0 Å². The van der Waals surface area contributed by atoms with Crippen molar-refractivity contribution in [3.05, 3.63) is 85.1 Å². The maximum Gasteiger partial charge on any atom is 0.220 e. The van der Waals surface area contributed by atoms with Gasteiger partial charge in [0.15, 0.2) is 12.6 Å². The maximum absolute atomic E-state index is 13.3. The lowest BCUT2D eigenvalue weighted by molar-refractivity contribution is -0.359. The summed E-state index contributed by atoms with van der Waals surface area (Å²) in [5.74, 6) is -0.251. The molecule has 2 saturated heterocycles. The maximum atomic E-state index is 13.3. The highest BCUT2D eigenvalue weighted by Gasteiger charge is 2.51. The van der Waals surface area contributed by atoms with Crippen LogP contribution in [-0.4, -0.2) is 140 Å². The predicted molar refractivity (Wildman–Crippen MR) is 364 cm³/mol. The Morgan fingerprint density at radius 3 is 1.24 bits per heavy atom. The summed E-state index contributed by atoms with van der Waals surface area (Å²) in [6.07, 6.45) is 65.4. The van der Waals surface area contributed by atoms with E-state index in [1.165, 1.54) is 186 Å². The predicted octanol–water partition coefficient (Wildman–Crippen LogP) is 15.2. The van der Waals surface area contributed by atoms with Crippen molar-refractivity contribution in [2.24, 2.45) is 0 Å². The summed E-state index contributed by atoms with van der Waals surface area (Å²) in [5.41, 5.74) is 0. The lowest BCUT2D eigenvalue weighted by Crippen LogP contribution is -2.65. The van der Waals surface area contributed by atoms with Crippen molar-refractivity contribution in [1.29, 1.82) is 0 Å². The molecule has 0 bridgehead atoms. The van der Waals surface area contributed by atoms with E-state index in [4.69, 9.17) is 18.9 Å². The third-order valence-electron chi connectivity index (χ3n) is 17.3. The lowest BCUT2D eigenvalue weighted by atomic mass is 9.97. The van der Waals surface area contributed by atoms with Gasteiger partial charge >= 0.3 is 0 Å². The topological polar surface area (TPSA) is 228 Å². The molecule has 0 aromatic heterocycles. The molecule has 14 heteroatoms. The average molecular weight is 1260 g/mol. The molecule has 89 heavy (non-hydrogen) atoms. The minimum absolute atomic E-state index is 0.251.